The second-order valence-electron chi connectivity index (χ2n) is 4.40. The number of likely N-dealkylation sites (N-methyl/N-ethyl adjacent to an activating group) is 1. The minimum atomic E-state index is 0.335. The number of hydrogen-bond acceptors (Lipinski definition) is 2. The Morgan fingerprint density at radius 1 is 1.57 bits per heavy atom. The molecule has 3 heteroatoms. The van der Waals surface area contributed by atoms with E-state index in [2.05, 4.69) is 26.1 Å². The van der Waals surface area contributed by atoms with E-state index in [0.717, 1.165) is 32.6 Å². The van der Waals surface area contributed by atoms with E-state index in [1.807, 2.05) is 4.90 Å². The van der Waals surface area contributed by atoms with Crippen molar-refractivity contribution in [1.82, 2.24) is 10.2 Å². The van der Waals surface area contributed by atoms with Crippen LogP contribution in [0.25, 0.3) is 0 Å². The Bertz CT molecular complexity index is 192. The molecule has 1 N–H and O–H groups in total. The fourth-order valence-electron chi connectivity index (χ4n) is 1.86. The minimum Gasteiger partial charge on any atom is -0.341 e. The van der Waals surface area contributed by atoms with Gasteiger partial charge in [0.25, 0.3) is 0 Å². The molecule has 1 amide bonds. The Hall–Kier alpha value is -0.570. The molecular weight excluding hydrogens is 176 g/mol. The summed E-state index contributed by atoms with van der Waals surface area (Å²) < 4.78 is 0. The number of nitrogens with zero attached hydrogens (tertiary/aromatic N) is 1. The zero-order chi connectivity index (χ0) is 10.6. The molecule has 1 atom stereocenters. The third-order valence-corrected chi connectivity index (χ3v) is 3.00. The van der Waals surface area contributed by atoms with Crippen molar-refractivity contribution in [3.63, 3.8) is 0 Å². The number of carbonyl (C=O) groups is 1. The first-order chi connectivity index (χ1) is 6.65. The van der Waals surface area contributed by atoms with E-state index in [9.17, 15) is 4.79 Å². The molecule has 82 valence electrons. The number of carbonyl (C=O) groups excluding carboxylic acids is 1. The van der Waals surface area contributed by atoms with Crippen molar-refractivity contribution in [2.24, 2.45) is 11.8 Å². The average molecular weight is 198 g/mol. The number of nitrogens with one attached hydrogen (secondary N) is 1. The van der Waals surface area contributed by atoms with E-state index in [-0.39, 0.29) is 0 Å². The summed E-state index contributed by atoms with van der Waals surface area (Å²) in [5.41, 5.74) is 0. The molecule has 0 aliphatic carbocycles. The fraction of sp³-hybridized carbons (Fsp3) is 0.909. The topological polar surface area (TPSA) is 32.3 Å². The summed E-state index contributed by atoms with van der Waals surface area (Å²) in [5, 5.41) is 3.25. The first-order valence-electron chi connectivity index (χ1n) is 5.63. The van der Waals surface area contributed by atoms with Gasteiger partial charge in [-0.25, -0.2) is 0 Å². The number of amides is 1. The molecule has 1 aliphatic heterocycles. The summed E-state index contributed by atoms with van der Waals surface area (Å²) in [4.78, 5) is 13.6. The summed E-state index contributed by atoms with van der Waals surface area (Å²) in [6.07, 6.45) is 0.754. The summed E-state index contributed by atoms with van der Waals surface area (Å²) in [7, 11) is 0. The van der Waals surface area contributed by atoms with Crippen LogP contribution in [0.2, 0.25) is 0 Å². The van der Waals surface area contributed by atoms with Crippen LogP contribution in [0.4, 0.5) is 0 Å². The molecule has 1 rings (SSSR count). The van der Waals surface area contributed by atoms with Gasteiger partial charge in [0.15, 0.2) is 0 Å². The minimum absolute atomic E-state index is 0.335. The van der Waals surface area contributed by atoms with Crippen LogP contribution in [-0.2, 0) is 4.79 Å². The molecular formula is C11H22N2O. The van der Waals surface area contributed by atoms with E-state index < -0.39 is 0 Å². The molecule has 0 aromatic carbocycles. The molecule has 14 heavy (non-hydrogen) atoms. The highest BCUT2D eigenvalue weighted by Crippen LogP contribution is 2.24. The van der Waals surface area contributed by atoms with Crippen LogP contribution in [0, 0.1) is 11.8 Å². The first kappa shape index (κ1) is 11.5. The van der Waals surface area contributed by atoms with Crippen molar-refractivity contribution >= 4 is 5.91 Å². The van der Waals surface area contributed by atoms with Gasteiger partial charge in [0, 0.05) is 26.1 Å². The predicted molar refractivity (Wildman–Crippen MR) is 58.1 cm³/mol. The third kappa shape index (κ3) is 2.98. The molecule has 0 spiro atoms. The fourth-order valence-corrected chi connectivity index (χ4v) is 1.86. The molecule has 1 heterocycles. The summed E-state index contributed by atoms with van der Waals surface area (Å²) in [5.74, 6) is 1.54. The Morgan fingerprint density at radius 3 is 2.79 bits per heavy atom. The van der Waals surface area contributed by atoms with Crippen molar-refractivity contribution in [2.45, 2.75) is 27.2 Å². The van der Waals surface area contributed by atoms with Crippen LogP contribution < -0.4 is 5.32 Å². The molecule has 0 aromatic heterocycles. The first-order valence-corrected chi connectivity index (χ1v) is 5.63. The maximum absolute atomic E-state index is 11.6. The van der Waals surface area contributed by atoms with Crippen molar-refractivity contribution < 1.29 is 4.79 Å². The lowest BCUT2D eigenvalue weighted by Crippen LogP contribution is -2.33. The smallest absolute Gasteiger partial charge is 0.222 e. The maximum atomic E-state index is 11.6. The molecule has 1 aliphatic rings. The van der Waals surface area contributed by atoms with Crippen LogP contribution in [0.3, 0.4) is 0 Å². The van der Waals surface area contributed by atoms with E-state index in [4.69, 9.17) is 0 Å². The predicted octanol–water partition coefficient (Wildman–Crippen LogP) is 1.10. The standard InChI is InChI=1S/C11H22N2O/c1-4-12-5-6-13-8-10(9(2)3)7-11(13)14/h9-10,12H,4-8H2,1-3H3. The third-order valence-electron chi connectivity index (χ3n) is 3.00. The van der Waals surface area contributed by atoms with Gasteiger partial charge in [-0.05, 0) is 18.4 Å². The van der Waals surface area contributed by atoms with Crippen LogP contribution in [0.1, 0.15) is 27.2 Å². The average Bonchev–Trinajstić information content (AvgIpc) is 2.49. The van der Waals surface area contributed by atoms with E-state index in [1.54, 1.807) is 0 Å². The molecule has 0 bridgehead atoms. The molecule has 0 saturated carbocycles. The maximum Gasteiger partial charge on any atom is 0.222 e. The lowest BCUT2D eigenvalue weighted by atomic mass is 9.95. The Labute approximate surface area is 86.9 Å². The van der Waals surface area contributed by atoms with Gasteiger partial charge in [-0.2, -0.15) is 0 Å². The number of hydrogen-bond donors (Lipinski definition) is 1. The highest BCUT2D eigenvalue weighted by Gasteiger charge is 2.30. The number of rotatable bonds is 5. The Kier molecular flexibility index (Phi) is 4.39. The normalized spacial score (nSPS) is 22.4. The Balaban J connectivity index is 2.30. The molecule has 1 fully saturated rings. The van der Waals surface area contributed by atoms with Crippen molar-refractivity contribution in [3.05, 3.63) is 0 Å². The van der Waals surface area contributed by atoms with Crippen LogP contribution in [0.15, 0.2) is 0 Å². The highest BCUT2D eigenvalue weighted by molar-refractivity contribution is 5.78. The van der Waals surface area contributed by atoms with Crippen molar-refractivity contribution in [3.8, 4) is 0 Å². The number of likely N-dealkylation sites (tertiary alicyclic amines) is 1. The SMILES string of the molecule is CCNCCN1CC(C(C)C)CC1=O. The van der Waals surface area contributed by atoms with Crippen LogP contribution in [0.5, 0.6) is 0 Å². The second kappa shape index (κ2) is 5.35. The highest BCUT2D eigenvalue weighted by atomic mass is 16.2. The van der Waals surface area contributed by atoms with Gasteiger partial charge in [-0.3, -0.25) is 4.79 Å². The quantitative estimate of drug-likeness (QED) is 0.671. The lowest BCUT2D eigenvalue weighted by molar-refractivity contribution is -0.127. The largest absolute Gasteiger partial charge is 0.341 e. The van der Waals surface area contributed by atoms with Gasteiger partial charge in [0.05, 0.1) is 0 Å². The van der Waals surface area contributed by atoms with Gasteiger partial charge in [0.2, 0.25) is 5.91 Å². The second-order valence-corrected chi connectivity index (χ2v) is 4.40. The van der Waals surface area contributed by atoms with Gasteiger partial charge in [-0.15, -0.1) is 0 Å². The molecule has 3 nitrogen and oxygen atoms in total. The molecule has 1 unspecified atom stereocenters. The molecule has 0 radical (unpaired) electrons. The van der Waals surface area contributed by atoms with Gasteiger partial charge in [0.1, 0.15) is 0 Å². The van der Waals surface area contributed by atoms with Gasteiger partial charge in [-0.1, -0.05) is 20.8 Å². The van der Waals surface area contributed by atoms with E-state index in [1.165, 1.54) is 0 Å². The zero-order valence-corrected chi connectivity index (χ0v) is 9.55. The summed E-state index contributed by atoms with van der Waals surface area (Å²) in [6.45, 7) is 10.2. The summed E-state index contributed by atoms with van der Waals surface area (Å²) in [6, 6.07) is 0. The van der Waals surface area contributed by atoms with E-state index in [0.29, 0.717) is 17.7 Å². The molecule has 0 aromatic rings. The van der Waals surface area contributed by atoms with Crippen LogP contribution >= 0.6 is 0 Å². The lowest BCUT2D eigenvalue weighted by Gasteiger charge is -2.17. The van der Waals surface area contributed by atoms with Gasteiger partial charge >= 0.3 is 0 Å². The van der Waals surface area contributed by atoms with Crippen molar-refractivity contribution in [1.29, 1.82) is 0 Å². The monoisotopic (exact) mass is 198 g/mol. The Morgan fingerprint density at radius 2 is 2.29 bits per heavy atom. The summed E-state index contributed by atoms with van der Waals surface area (Å²) >= 11 is 0. The van der Waals surface area contributed by atoms with Gasteiger partial charge < -0.3 is 10.2 Å². The molecule has 1 saturated heterocycles. The van der Waals surface area contributed by atoms with E-state index >= 15 is 0 Å². The zero-order valence-electron chi connectivity index (χ0n) is 9.55. The van der Waals surface area contributed by atoms with Crippen molar-refractivity contribution in [2.75, 3.05) is 26.2 Å². The van der Waals surface area contributed by atoms with Crippen LogP contribution in [-0.4, -0.2) is 37.0 Å².